The second-order valence-electron chi connectivity index (χ2n) is 8.13. The van der Waals surface area contributed by atoms with Crippen LogP contribution in [0.5, 0.6) is 0 Å². The highest BCUT2D eigenvalue weighted by atomic mass is 16.5. The lowest BCUT2D eigenvalue weighted by atomic mass is 9.75. The lowest BCUT2D eigenvalue weighted by Gasteiger charge is -2.42. The van der Waals surface area contributed by atoms with Gasteiger partial charge in [-0.3, -0.25) is 9.59 Å². The van der Waals surface area contributed by atoms with Crippen LogP contribution in [-0.2, 0) is 15.8 Å². The van der Waals surface area contributed by atoms with Gasteiger partial charge in [0.1, 0.15) is 5.56 Å². The molecule has 0 atom stereocenters. The van der Waals surface area contributed by atoms with Crippen LogP contribution >= 0.6 is 0 Å². The molecule has 0 bridgehead atoms. The number of carbonyl (C=O) groups is 2. The first kappa shape index (κ1) is 19.8. The highest BCUT2D eigenvalue weighted by molar-refractivity contribution is 6.02. The number of benzene rings is 1. The summed E-state index contributed by atoms with van der Waals surface area (Å²) in [5.41, 5.74) is 1.51. The third-order valence-corrected chi connectivity index (χ3v) is 5.03. The lowest BCUT2D eigenvalue weighted by Crippen LogP contribution is -2.40. The first-order chi connectivity index (χ1) is 12.9. The van der Waals surface area contributed by atoms with E-state index >= 15 is 0 Å². The maximum absolute atomic E-state index is 12.5. The Hall–Kier alpha value is -3.00. The molecule has 148 valence electrons. The number of hydrogen-bond acceptors (Lipinski definition) is 5. The molecule has 2 heterocycles. The molecule has 3 rings (SSSR count). The van der Waals surface area contributed by atoms with Crippen molar-refractivity contribution >= 4 is 17.6 Å². The monoisotopic (exact) mass is 385 g/mol. The van der Waals surface area contributed by atoms with E-state index in [1.54, 1.807) is 0 Å². The molecule has 28 heavy (non-hydrogen) atoms. The van der Waals surface area contributed by atoms with Crippen LogP contribution in [0, 0.1) is 6.92 Å². The van der Waals surface area contributed by atoms with E-state index in [2.05, 4.69) is 29.1 Å². The number of rotatable bonds is 3. The van der Waals surface area contributed by atoms with Crippen LogP contribution in [0.3, 0.4) is 0 Å². The van der Waals surface area contributed by atoms with Gasteiger partial charge in [-0.1, -0.05) is 19.9 Å². The Bertz CT molecular complexity index is 1040. The summed E-state index contributed by atoms with van der Waals surface area (Å²) in [6.45, 7) is 10.6. The molecule has 1 aliphatic rings. The third kappa shape index (κ3) is 3.43. The smallest absolute Gasteiger partial charge is 0.342 e. The summed E-state index contributed by atoms with van der Waals surface area (Å²) in [6, 6.07) is 3.92. The standard InChI is InChI=1S/C20H23N3O5/c1-10-6-13-12(19(2,3)9-28-20(13,4)5)7-14(10)22-17(25)15-21-8-11(18(26)27)16(24)23-15/h6-8H,9H2,1-5H3,(H,22,25)(H,26,27)(H,21,23,24). The minimum atomic E-state index is -1.40. The van der Waals surface area contributed by atoms with Gasteiger partial charge < -0.3 is 20.1 Å². The SMILES string of the molecule is Cc1cc2c(cc1NC(=O)c1ncc(C(=O)O)c(=O)[nH]1)C(C)(C)COC2(C)C. The number of carbonyl (C=O) groups excluding carboxylic acids is 1. The number of fused-ring (bicyclic) bond motifs is 1. The second kappa shape index (κ2) is 6.56. The van der Waals surface area contributed by atoms with Crippen LogP contribution in [0.4, 0.5) is 5.69 Å². The Morgan fingerprint density at radius 2 is 1.89 bits per heavy atom. The predicted molar refractivity (Wildman–Crippen MR) is 103 cm³/mol. The zero-order valence-electron chi connectivity index (χ0n) is 16.5. The summed E-state index contributed by atoms with van der Waals surface area (Å²) in [7, 11) is 0. The predicted octanol–water partition coefficient (Wildman–Crippen LogP) is 2.57. The van der Waals surface area contributed by atoms with Gasteiger partial charge in [0.05, 0.1) is 12.2 Å². The van der Waals surface area contributed by atoms with Crippen molar-refractivity contribution in [2.24, 2.45) is 0 Å². The van der Waals surface area contributed by atoms with Crippen molar-refractivity contribution < 1.29 is 19.4 Å². The highest BCUT2D eigenvalue weighted by Gasteiger charge is 2.38. The number of hydrogen-bond donors (Lipinski definition) is 3. The van der Waals surface area contributed by atoms with Gasteiger partial charge in [0.2, 0.25) is 0 Å². The van der Waals surface area contributed by atoms with Crippen LogP contribution in [0.15, 0.2) is 23.1 Å². The molecule has 0 aliphatic carbocycles. The molecule has 1 aliphatic heterocycles. The van der Waals surface area contributed by atoms with Crippen LogP contribution in [-0.4, -0.2) is 33.6 Å². The van der Waals surface area contributed by atoms with E-state index in [0.717, 1.165) is 22.9 Å². The first-order valence-electron chi connectivity index (χ1n) is 8.86. The van der Waals surface area contributed by atoms with Crippen molar-refractivity contribution in [3.63, 3.8) is 0 Å². The average molecular weight is 385 g/mol. The van der Waals surface area contributed by atoms with E-state index in [0.29, 0.717) is 12.3 Å². The topological polar surface area (TPSA) is 121 Å². The molecule has 8 nitrogen and oxygen atoms in total. The number of nitrogens with zero attached hydrogens (tertiary/aromatic N) is 1. The van der Waals surface area contributed by atoms with Crippen molar-refractivity contribution in [2.75, 3.05) is 11.9 Å². The van der Waals surface area contributed by atoms with Crippen LogP contribution < -0.4 is 10.9 Å². The van der Waals surface area contributed by atoms with Gasteiger partial charge in [-0.15, -0.1) is 0 Å². The summed E-state index contributed by atoms with van der Waals surface area (Å²) >= 11 is 0. The van der Waals surface area contributed by atoms with E-state index in [1.165, 1.54) is 0 Å². The fourth-order valence-corrected chi connectivity index (χ4v) is 3.26. The largest absolute Gasteiger partial charge is 0.477 e. The van der Waals surface area contributed by atoms with Gasteiger partial charge in [0.15, 0.2) is 5.82 Å². The Balaban J connectivity index is 1.97. The molecule has 1 aromatic heterocycles. The number of amides is 1. The Morgan fingerprint density at radius 3 is 2.50 bits per heavy atom. The number of ether oxygens (including phenoxy) is 1. The Labute approximate surface area is 162 Å². The summed E-state index contributed by atoms with van der Waals surface area (Å²) in [4.78, 5) is 41.2. The summed E-state index contributed by atoms with van der Waals surface area (Å²) in [5.74, 6) is -2.28. The van der Waals surface area contributed by atoms with E-state index in [9.17, 15) is 14.4 Å². The van der Waals surface area contributed by atoms with Crippen molar-refractivity contribution in [3.8, 4) is 0 Å². The van der Waals surface area contributed by atoms with Crippen LogP contribution in [0.2, 0.25) is 0 Å². The maximum Gasteiger partial charge on any atom is 0.342 e. The summed E-state index contributed by atoms with van der Waals surface area (Å²) in [6.07, 6.45) is 0.874. The molecule has 0 fully saturated rings. The molecule has 3 N–H and O–H groups in total. The number of H-pyrrole nitrogens is 1. The molecule has 0 radical (unpaired) electrons. The highest BCUT2D eigenvalue weighted by Crippen LogP contribution is 2.43. The minimum absolute atomic E-state index is 0.228. The molecule has 1 amide bonds. The molecule has 2 aromatic rings. The van der Waals surface area contributed by atoms with E-state index in [4.69, 9.17) is 9.84 Å². The van der Waals surface area contributed by atoms with Crippen molar-refractivity contribution in [1.82, 2.24) is 9.97 Å². The van der Waals surface area contributed by atoms with E-state index in [-0.39, 0.29) is 11.2 Å². The van der Waals surface area contributed by atoms with Crippen molar-refractivity contribution in [1.29, 1.82) is 0 Å². The molecule has 8 heteroatoms. The Morgan fingerprint density at radius 1 is 1.21 bits per heavy atom. The van der Waals surface area contributed by atoms with Crippen LogP contribution in [0.1, 0.15) is 65.4 Å². The van der Waals surface area contributed by atoms with Gasteiger partial charge in [0, 0.05) is 17.3 Å². The maximum atomic E-state index is 12.5. The molecule has 0 spiro atoms. The Kier molecular flexibility index (Phi) is 4.63. The van der Waals surface area contributed by atoms with Gasteiger partial charge in [-0.05, 0) is 43.5 Å². The van der Waals surface area contributed by atoms with Gasteiger partial charge >= 0.3 is 5.97 Å². The molecule has 0 unspecified atom stereocenters. The number of aromatic carboxylic acids is 1. The number of nitrogens with one attached hydrogen (secondary N) is 2. The van der Waals surface area contributed by atoms with Crippen molar-refractivity contribution in [3.05, 3.63) is 56.8 Å². The van der Waals surface area contributed by atoms with Gasteiger partial charge in [0.25, 0.3) is 11.5 Å². The molecule has 1 aromatic carbocycles. The fraction of sp³-hybridized carbons (Fsp3) is 0.400. The number of anilines is 1. The van der Waals surface area contributed by atoms with Gasteiger partial charge in [-0.2, -0.15) is 0 Å². The van der Waals surface area contributed by atoms with E-state index < -0.39 is 28.6 Å². The van der Waals surface area contributed by atoms with Crippen molar-refractivity contribution in [2.45, 2.75) is 45.6 Å². The zero-order chi connectivity index (χ0) is 20.9. The van der Waals surface area contributed by atoms with Gasteiger partial charge in [-0.25, -0.2) is 9.78 Å². The number of carboxylic acids is 1. The molecular weight excluding hydrogens is 362 g/mol. The number of aryl methyl sites for hydroxylation is 1. The fourth-order valence-electron chi connectivity index (χ4n) is 3.26. The summed E-state index contributed by atoms with van der Waals surface area (Å²) < 4.78 is 6.01. The minimum Gasteiger partial charge on any atom is -0.477 e. The number of aromatic amines is 1. The second-order valence-corrected chi connectivity index (χ2v) is 8.13. The lowest BCUT2D eigenvalue weighted by molar-refractivity contribution is -0.0587. The third-order valence-electron chi connectivity index (χ3n) is 5.03. The quantitative estimate of drug-likeness (QED) is 0.747. The number of aromatic nitrogens is 2. The molecule has 0 saturated carbocycles. The van der Waals surface area contributed by atoms with Crippen LogP contribution in [0.25, 0.3) is 0 Å². The average Bonchev–Trinajstić information content (AvgIpc) is 2.60. The number of carboxylic acid groups (broad SMARTS) is 1. The summed E-state index contributed by atoms with van der Waals surface area (Å²) in [5, 5.41) is 11.7. The first-order valence-corrected chi connectivity index (χ1v) is 8.86. The normalized spacial score (nSPS) is 16.9. The molecular formula is C20H23N3O5. The van der Waals surface area contributed by atoms with E-state index in [1.807, 2.05) is 32.9 Å². The zero-order valence-corrected chi connectivity index (χ0v) is 16.5. The molecule has 0 saturated heterocycles.